The molecule has 0 radical (unpaired) electrons. The van der Waals surface area contributed by atoms with Crippen LogP contribution in [0.15, 0.2) is 73.2 Å². The first-order chi connectivity index (χ1) is 21.2. The number of carbonyl (C=O) groups excluding carboxylic acids is 1. The van der Waals surface area contributed by atoms with Gasteiger partial charge in [-0.05, 0) is 82.3 Å². The Bertz CT molecular complexity index is 1960. The molecule has 0 bridgehead atoms. The van der Waals surface area contributed by atoms with Gasteiger partial charge in [0.1, 0.15) is 11.5 Å². The number of hydrogen-bond acceptors (Lipinski definition) is 7. The maximum Gasteiger partial charge on any atom is 0.238 e. The van der Waals surface area contributed by atoms with Gasteiger partial charge < -0.3 is 25.4 Å². The largest absolute Gasteiger partial charge is 0.384 e. The molecule has 0 fully saturated rings. The van der Waals surface area contributed by atoms with E-state index in [1.165, 1.54) is 12.1 Å². The van der Waals surface area contributed by atoms with Crippen molar-refractivity contribution in [2.45, 2.75) is 0 Å². The maximum absolute atomic E-state index is 14.7. The van der Waals surface area contributed by atoms with Crippen molar-refractivity contribution in [2.75, 3.05) is 58.5 Å². The number of aromatic nitrogens is 5. The number of nitrogens with one attached hydrogen (secondary N) is 4. The number of halogens is 1. The zero-order valence-electron chi connectivity index (χ0n) is 25.1. The van der Waals surface area contributed by atoms with Crippen molar-refractivity contribution in [1.82, 2.24) is 34.9 Å². The topological polar surface area (TPSA) is 118 Å². The van der Waals surface area contributed by atoms with Gasteiger partial charge in [0.25, 0.3) is 0 Å². The van der Waals surface area contributed by atoms with Gasteiger partial charge in [0, 0.05) is 58.6 Å². The summed E-state index contributed by atoms with van der Waals surface area (Å²) < 4.78 is 14.7. The van der Waals surface area contributed by atoms with Crippen molar-refractivity contribution in [1.29, 1.82) is 0 Å². The van der Waals surface area contributed by atoms with E-state index < -0.39 is 0 Å². The summed E-state index contributed by atoms with van der Waals surface area (Å²) >= 11 is 0. The van der Waals surface area contributed by atoms with Gasteiger partial charge in [-0.2, -0.15) is 5.10 Å². The van der Waals surface area contributed by atoms with Crippen molar-refractivity contribution in [3.05, 3.63) is 79.0 Å². The van der Waals surface area contributed by atoms with E-state index in [9.17, 15) is 9.18 Å². The molecule has 4 aromatic heterocycles. The SMILES string of the molecule is CN(C)CCNc1cc(F)cc(-c2nccc3[nH]c(-c4n[nH]c5ccc(-c6cncc(NC(=O)CN(C)C)c6)cc45)cc23)c1. The molecule has 0 aliphatic carbocycles. The van der Waals surface area contributed by atoms with Crippen LogP contribution in [0.3, 0.4) is 0 Å². The number of rotatable bonds is 10. The molecule has 0 spiro atoms. The second kappa shape index (κ2) is 12.2. The number of pyridine rings is 2. The third-order valence-electron chi connectivity index (χ3n) is 7.24. The molecule has 1 amide bonds. The molecule has 0 aliphatic heterocycles. The van der Waals surface area contributed by atoms with E-state index in [-0.39, 0.29) is 18.3 Å². The van der Waals surface area contributed by atoms with E-state index in [4.69, 9.17) is 0 Å². The molecule has 6 rings (SSSR count). The van der Waals surface area contributed by atoms with Gasteiger partial charge in [-0.25, -0.2) is 4.39 Å². The molecule has 0 saturated carbocycles. The van der Waals surface area contributed by atoms with Crippen molar-refractivity contribution >= 4 is 39.1 Å². The molecule has 224 valence electrons. The predicted molar refractivity (Wildman–Crippen MR) is 174 cm³/mol. The first-order valence-electron chi connectivity index (χ1n) is 14.3. The highest BCUT2D eigenvalue weighted by Gasteiger charge is 2.16. The van der Waals surface area contributed by atoms with Crippen LogP contribution in [0.5, 0.6) is 0 Å². The average molecular weight is 592 g/mol. The molecule has 11 heteroatoms. The normalized spacial score (nSPS) is 11.6. The number of aromatic amines is 2. The maximum atomic E-state index is 14.7. The summed E-state index contributed by atoms with van der Waals surface area (Å²) in [6.45, 7) is 1.81. The standard InChI is InChI=1S/C33H34FN9O/c1-42(2)10-9-36-24-12-21(11-23(34)15-24)32-27-16-30(39-28(27)7-8-37-32)33-26-14-20(5-6-29(26)40-41-33)22-13-25(18-35-17-22)38-31(44)19-43(3)4/h5-8,11-18,36,39H,9-10,19H2,1-4H3,(H,38,44)(H,40,41). The molecule has 0 aliphatic rings. The molecule has 4 heterocycles. The lowest BCUT2D eigenvalue weighted by Crippen LogP contribution is -2.27. The fraction of sp³-hybridized carbons (Fsp3) is 0.212. The molecular formula is C33H34FN9O. The van der Waals surface area contributed by atoms with Crippen LogP contribution in [-0.4, -0.2) is 88.7 Å². The van der Waals surface area contributed by atoms with E-state index >= 15 is 0 Å². The molecule has 0 saturated heterocycles. The molecule has 10 nitrogen and oxygen atoms in total. The lowest BCUT2D eigenvalue weighted by atomic mass is 10.0. The minimum atomic E-state index is -0.328. The molecule has 6 aromatic rings. The van der Waals surface area contributed by atoms with Gasteiger partial charge in [0.2, 0.25) is 5.91 Å². The molecule has 0 atom stereocenters. The van der Waals surface area contributed by atoms with Crippen LogP contribution in [0.2, 0.25) is 0 Å². The van der Waals surface area contributed by atoms with Crippen molar-refractivity contribution < 1.29 is 9.18 Å². The van der Waals surface area contributed by atoms with Gasteiger partial charge >= 0.3 is 0 Å². The number of hydrogen-bond donors (Lipinski definition) is 4. The minimum absolute atomic E-state index is 0.107. The van der Waals surface area contributed by atoms with Crippen LogP contribution in [0, 0.1) is 5.82 Å². The zero-order valence-corrected chi connectivity index (χ0v) is 25.1. The lowest BCUT2D eigenvalue weighted by Gasteiger charge is -2.12. The summed E-state index contributed by atoms with van der Waals surface area (Å²) in [5.74, 6) is -0.435. The van der Waals surface area contributed by atoms with Crippen LogP contribution < -0.4 is 10.6 Å². The van der Waals surface area contributed by atoms with E-state index in [0.717, 1.165) is 50.9 Å². The van der Waals surface area contributed by atoms with E-state index in [0.29, 0.717) is 29.2 Å². The van der Waals surface area contributed by atoms with E-state index in [2.05, 4.69) is 46.7 Å². The van der Waals surface area contributed by atoms with Crippen LogP contribution in [-0.2, 0) is 4.79 Å². The fourth-order valence-corrected chi connectivity index (χ4v) is 5.22. The number of anilines is 2. The highest BCUT2D eigenvalue weighted by molar-refractivity contribution is 6.01. The van der Waals surface area contributed by atoms with Gasteiger partial charge in [-0.3, -0.25) is 19.9 Å². The Hall–Kier alpha value is -5.13. The molecule has 4 N–H and O–H groups in total. The van der Waals surface area contributed by atoms with E-state index in [1.54, 1.807) is 18.6 Å². The van der Waals surface area contributed by atoms with Crippen molar-refractivity contribution in [3.8, 4) is 33.8 Å². The number of likely N-dealkylation sites (N-methyl/N-ethyl adjacent to an activating group) is 2. The summed E-state index contributed by atoms with van der Waals surface area (Å²) in [4.78, 5) is 28.6. The Kier molecular flexibility index (Phi) is 8.05. The molecular weight excluding hydrogens is 557 g/mol. The van der Waals surface area contributed by atoms with Crippen LogP contribution >= 0.6 is 0 Å². The number of amides is 1. The zero-order chi connectivity index (χ0) is 30.8. The lowest BCUT2D eigenvalue weighted by molar-refractivity contribution is -0.116. The second-order valence-electron chi connectivity index (χ2n) is 11.3. The summed E-state index contributed by atoms with van der Waals surface area (Å²) in [7, 11) is 7.69. The number of H-pyrrole nitrogens is 2. The quantitative estimate of drug-likeness (QED) is 0.167. The number of carbonyl (C=O) groups is 1. The first-order valence-corrected chi connectivity index (χ1v) is 14.3. The van der Waals surface area contributed by atoms with Gasteiger partial charge in [0.15, 0.2) is 0 Å². The van der Waals surface area contributed by atoms with Crippen LogP contribution in [0.25, 0.3) is 55.6 Å². The third kappa shape index (κ3) is 6.29. The fourth-order valence-electron chi connectivity index (χ4n) is 5.22. The Morgan fingerprint density at radius 1 is 0.841 bits per heavy atom. The van der Waals surface area contributed by atoms with Gasteiger partial charge in [0.05, 0.1) is 35.3 Å². The van der Waals surface area contributed by atoms with Crippen LogP contribution in [0.1, 0.15) is 0 Å². The molecule has 2 aromatic carbocycles. The molecule has 44 heavy (non-hydrogen) atoms. The summed E-state index contributed by atoms with van der Waals surface area (Å²) in [5, 5.41) is 15.8. The summed E-state index contributed by atoms with van der Waals surface area (Å²) in [6, 6.07) is 16.8. The number of benzene rings is 2. The van der Waals surface area contributed by atoms with Gasteiger partial charge in [-0.15, -0.1) is 0 Å². The highest BCUT2D eigenvalue weighted by atomic mass is 19.1. The Morgan fingerprint density at radius 2 is 1.66 bits per heavy atom. The minimum Gasteiger partial charge on any atom is -0.384 e. The first kappa shape index (κ1) is 29.0. The van der Waals surface area contributed by atoms with Crippen molar-refractivity contribution in [3.63, 3.8) is 0 Å². The smallest absolute Gasteiger partial charge is 0.238 e. The highest BCUT2D eigenvalue weighted by Crippen LogP contribution is 2.35. The Labute approximate surface area is 254 Å². The average Bonchev–Trinajstić information content (AvgIpc) is 3.60. The van der Waals surface area contributed by atoms with E-state index in [1.807, 2.05) is 69.5 Å². The third-order valence-corrected chi connectivity index (χ3v) is 7.24. The Balaban J connectivity index is 1.33. The number of fused-ring (bicyclic) bond motifs is 2. The summed E-state index contributed by atoms with van der Waals surface area (Å²) in [5.41, 5.74) is 7.81. The van der Waals surface area contributed by atoms with Crippen molar-refractivity contribution in [2.24, 2.45) is 0 Å². The molecule has 0 unspecified atom stereocenters. The summed E-state index contributed by atoms with van der Waals surface area (Å²) in [6.07, 6.45) is 5.13. The second-order valence-corrected chi connectivity index (χ2v) is 11.3. The van der Waals surface area contributed by atoms with Crippen LogP contribution in [0.4, 0.5) is 15.8 Å². The Morgan fingerprint density at radius 3 is 2.48 bits per heavy atom. The monoisotopic (exact) mass is 591 g/mol. The predicted octanol–water partition coefficient (Wildman–Crippen LogP) is 5.45. The van der Waals surface area contributed by atoms with Gasteiger partial charge in [-0.1, -0.05) is 6.07 Å². The number of nitrogens with zero attached hydrogens (tertiary/aromatic N) is 5.